The van der Waals surface area contributed by atoms with Gasteiger partial charge < -0.3 is 14.4 Å². The summed E-state index contributed by atoms with van der Waals surface area (Å²) in [7, 11) is 0. The van der Waals surface area contributed by atoms with Gasteiger partial charge in [-0.1, -0.05) is 12.1 Å². The van der Waals surface area contributed by atoms with Gasteiger partial charge in [-0.25, -0.2) is 0 Å². The Morgan fingerprint density at radius 3 is 2.83 bits per heavy atom. The second-order valence-corrected chi connectivity index (χ2v) is 6.14. The Morgan fingerprint density at radius 2 is 1.96 bits per heavy atom. The van der Waals surface area contributed by atoms with Crippen molar-refractivity contribution in [2.75, 3.05) is 24.6 Å². The van der Waals surface area contributed by atoms with E-state index in [1.807, 2.05) is 30.5 Å². The predicted octanol–water partition coefficient (Wildman–Crippen LogP) is 2.85. The minimum Gasteiger partial charge on any atom is -0.486 e. The van der Waals surface area contributed by atoms with Gasteiger partial charge in [0.15, 0.2) is 11.5 Å². The highest BCUT2D eigenvalue weighted by molar-refractivity contribution is 5.45. The monoisotopic (exact) mass is 311 g/mol. The van der Waals surface area contributed by atoms with Crippen LogP contribution in [0.3, 0.4) is 0 Å². The summed E-state index contributed by atoms with van der Waals surface area (Å²) < 4.78 is 11.8. The molecule has 1 aromatic heterocycles. The number of aromatic nitrogens is 2. The molecule has 0 radical (unpaired) electrons. The Bertz CT molecular complexity index is 671. The van der Waals surface area contributed by atoms with Crippen LogP contribution < -0.4 is 14.4 Å². The molecule has 0 unspecified atom stereocenters. The van der Waals surface area contributed by atoms with Gasteiger partial charge in [0.1, 0.15) is 12.7 Å². The molecule has 1 fully saturated rings. The van der Waals surface area contributed by atoms with Crippen LogP contribution in [0.15, 0.2) is 36.5 Å². The molecule has 0 amide bonds. The molecule has 4 rings (SSSR count). The molecule has 0 bridgehead atoms. The van der Waals surface area contributed by atoms with Crippen molar-refractivity contribution < 1.29 is 9.47 Å². The van der Waals surface area contributed by atoms with Crippen molar-refractivity contribution >= 4 is 5.69 Å². The smallest absolute Gasteiger partial charge is 0.161 e. The van der Waals surface area contributed by atoms with Gasteiger partial charge in [-0.3, -0.25) is 0 Å². The lowest BCUT2D eigenvalue weighted by atomic mass is 10.1. The van der Waals surface area contributed by atoms with Crippen LogP contribution in [0.5, 0.6) is 11.5 Å². The van der Waals surface area contributed by atoms with E-state index >= 15 is 0 Å². The summed E-state index contributed by atoms with van der Waals surface area (Å²) in [6.45, 7) is 2.85. The summed E-state index contributed by atoms with van der Waals surface area (Å²) in [5, 5.41) is 8.43. The van der Waals surface area contributed by atoms with Crippen molar-refractivity contribution in [2.45, 2.75) is 31.8 Å². The fraction of sp³-hybridized carbons (Fsp3) is 0.444. The van der Waals surface area contributed by atoms with E-state index in [0.717, 1.165) is 43.1 Å². The Hall–Kier alpha value is -2.30. The summed E-state index contributed by atoms with van der Waals surface area (Å²) >= 11 is 0. The molecule has 120 valence electrons. The molecule has 2 aromatic rings. The van der Waals surface area contributed by atoms with Crippen LogP contribution in [0.2, 0.25) is 0 Å². The van der Waals surface area contributed by atoms with Gasteiger partial charge in [0.25, 0.3) is 0 Å². The molecule has 0 aliphatic carbocycles. The third-order valence-corrected chi connectivity index (χ3v) is 4.45. The standard InChI is InChI=1S/C18H21N3O2/c1-2-6-18-17(5-1)22-13-16(23-18)8-7-14-11-15(12-19-20-14)21-9-3-4-10-21/h1-2,5-6,11-12,16H,3-4,7-10,13H2/t16-/m1/s1. The maximum atomic E-state index is 6.00. The molecule has 1 aromatic carbocycles. The SMILES string of the molecule is c1ccc2c(c1)OC[C@@H](CCc1cc(N3CCCC3)cnn1)O2. The zero-order chi connectivity index (χ0) is 15.5. The second kappa shape index (κ2) is 6.44. The molecule has 0 spiro atoms. The van der Waals surface area contributed by atoms with Crippen LogP contribution in [-0.4, -0.2) is 36.0 Å². The van der Waals surface area contributed by atoms with Crippen molar-refractivity contribution in [2.24, 2.45) is 0 Å². The molecule has 5 heteroatoms. The number of aryl methyl sites for hydroxylation is 1. The molecule has 3 heterocycles. The number of hydrogen-bond donors (Lipinski definition) is 0. The highest BCUT2D eigenvalue weighted by atomic mass is 16.6. The number of hydrogen-bond acceptors (Lipinski definition) is 5. The van der Waals surface area contributed by atoms with Crippen LogP contribution in [0.1, 0.15) is 25.0 Å². The average molecular weight is 311 g/mol. The zero-order valence-electron chi connectivity index (χ0n) is 13.1. The minimum absolute atomic E-state index is 0.0714. The van der Waals surface area contributed by atoms with E-state index < -0.39 is 0 Å². The summed E-state index contributed by atoms with van der Waals surface area (Å²) in [5.41, 5.74) is 2.22. The molecule has 5 nitrogen and oxygen atoms in total. The molecule has 2 aliphatic heterocycles. The first-order valence-corrected chi connectivity index (χ1v) is 8.33. The second-order valence-electron chi connectivity index (χ2n) is 6.14. The van der Waals surface area contributed by atoms with E-state index in [4.69, 9.17) is 9.47 Å². The van der Waals surface area contributed by atoms with Gasteiger partial charge in [0, 0.05) is 13.1 Å². The summed E-state index contributed by atoms with van der Waals surface area (Å²) in [6.07, 6.45) is 6.21. The molecule has 23 heavy (non-hydrogen) atoms. The fourth-order valence-corrected chi connectivity index (χ4v) is 3.18. The number of fused-ring (bicyclic) bond motifs is 1. The Kier molecular flexibility index (Phi) is 4.01. The van der Waals surface area contributed by atoms with E-state index in [2.05, 4.69) is 21.2 Å². The van der Waals surface area contributed by atoms with Crippen molar-refractivity contribution in [3.05, 3.63) is 42.2 Å². The molecule has 2 aliphatic rings. The lowest BCUT2D eigenvalue weighted by Gasteiger charge is -2.26. The van der Waals surface area contributed by atoms with Crippen molar-refractivity contribution in [3.63, 3.8) is 0 Å². The van der Waals surface area contributed by atoms with Gasteiger partial charge >= 0.3 is 0 Å². The zero-order valence-corrected chi connectivity index (χ0v) is 13.1. The van der Waals surface area contributed by atoms with E-state index in [1.165, 1.54) is 18.5 Å². The Balaban J connectivity index is 1.37. The minimum atomic E-state index is 0.0714. The van der Waals surface area contributed by atoms with Crippen LogP contribution in [0.4, 0.5) is 5.69 Å². The van der Waals surface area contributed by atoms with Crippen molar-refractivity contribution in [1.29, 1.82) is 0 Å². The van der Waals surface area contributed by atoms with Gasteiger partial charge in [-0.2, -0.15) is 10.2 Å². The van der Waals surface area contributed by atoms with Crippen LogP contribution in [-0.2, 0) is 6.42 Å². The lowest BCUT2D eigenvalue weighted by molar-refractivity contribution is 0.0849. The largest absolute Gasteiger partial charge is 0.486 e. The number of benzene rings is 1. The highest BCUT2D eigenvalue weighted by Crippen LogP contribution is 2.31. The first-order chi connectivity index (χ1) is 11.4. The lowest BCUT2D eigenvalue weighted by Crippen LogP contribution is -2.29. The van der Waals surface area contributed by atoms with Crippen LogP contribution in [0.25, 0.3) is 0 Å². The number of para-hydroxylation sites is 2. The van der Waals surface area contributed by atoms with Gasteiger partial charge in [-0.05, 0) is 43.9 Å². The number of nitrogens with zero attached hydrogens (tertiary/aromatic N) is 3. The van der Waals surface area contributed by atoms with E-state index in [-0.39, 0.29) is 6.10 Å². The van der Waals surface area contributed by atoms with E-state index in [9.17, 15) is 0 Å². The highest BCUT2D eigenvalue weighted by Gasteiger charge is 2.21. The van der Waals surface area contributed by atoms with Crippen LogP contribution in [0, 0.1) is 0 Å². The molecule has 1 atom stereocenters. The molecule has 1 saturated heterocycles. The summed E-state index contributed by atoms with van der Waals surface area (Å²) in [4.78, 5) is 2.38. The average Bonchev–Trinajstić information content (AvgIpc) is 3.15. The van der Waals surface area contributed by atoms with Crippen molar-refractivity contribution in [1.82, 2.24) is 10.2 Å². The van der Waals surface area contributed by atoms with E-state index in [1.54, 1.807) is 0 Å². The normalized spacial score (nSPS) is 19.8. The molecule has 0 saturated carbocycles. The topological polar surface area (TPSA) is 47.5 Å². The first kappa shape index (κ1) is 14.3. The van der Waals surface area contributed by atoms with Crippen LogP contribution >= 0.6 is 0 Å². The predicted molar refractivity (Wildman–Crippen MR) is 88.2 cm³/mol. The number of anilines is 1. The van der Waals surface area contributed by atoms with E-state index in [0.29, 0.717) is 6.61 Å². The quantitative estimate of drug-likeness (QED) is 0.869. The third-order valence-electron chi connectivity index (χ3n) is 4.45. The molecular weight excluding hydrogens is 290 g/mol. The third kappa shape index (κ3) is 3.23. The maximum absolute atomic E-state index is 6.00. The number of ether oxygens (including phenoxy) is 2. The maximum Gasteiger partial charge on any atom is 0.161 e. The van der Waals surface area contributed by atoms with Gasteiger partial charge in [0.2, 0.25) is 0 Å². The molecule has 0 N–H and O–H groups in total. The summed E-state index contributed by atoms with van der Waals surface area (Å²) in [5.74, 6) is 1.67. The van der Waals surface area contributed by atoms with Gasteiger partial charge in [0.05, 0.1) is 17.6 Å². The number of rotatable bonds is 4. The van der Waals surface area contributed by atoms with Crippen molar-refractivity contribution in [3.8, 4) is 11.5 Å². The fourth-order valence-electron chi connectivity index (χ4n) is 3.18. The molecular formula is C18H21N3O2. The Morgan fingerprint density at radius 1 is 1.13 bits per heavy atom. The van der Waals surface area contributed by atoms with Gasteiger partial charge in [-0.15, -0.1) is 0 Å². The summed E-state index contributed by atoms with van der Waals surface area (Å²) in [6, 6.07) is 9.99. The Labute approximate surface area is 136 Å². The first-order valence-electron chi connectivity index (χ1n) is 8.33.